The second kappa shape index (κ2) is 26.3. The summed E-state index contributed by atoms with van der Waals surface area (Å²) in [5, 5.41) is 38.4. The summed E-state index contributed by atoms with van der Waals surface area (Å²) in [4.78, 5) is 71.4. The Hall–Kier alpha value is -4.71. The standard InChI is InChI=1S/C62H88O16/c1-9-10-11-12-13-14-15-16-17-18-19-20-21-22-29-34-48-71-37-45(74-48)38-72-57(69)76-51(40(2)43-30-25-23-26-31-43)56(68)75-46-35-61(70)54(77-55(67)44-32-27-24-28-33-44)52-60(8,53(66)50(65)49(41(46)3)58(61,5)6)47(64)36-59(7)62(52,39-73-59)78-42(4)63/h23-28,30-33,40,45-48,50-52,54,64-65,70H,9-22,29,34-39H2,1-8H3/t40-,45?,46-,47-,48?,50+,51+,52-,54-,59+,60+,61+,62+/m0/s1. The molecule has 2 bridgehead atoms. The Labute approximate surface area is 461 Å². The molecule has 7 rings (SSSR count). The number of hydrogen-bond acceptors (Lipinski definition) is 16. The number of hydrogen-bond donors (Lipinski definition) is 3. The lowest BCUT2D eigenvalue weighted by Gasteiger charge is -2.70. The number of aliphatic hydroxyl groups is 3. The summed E-state index contributed by atoms with van der Waals surface area (Å²) >= 11 is 0. The molecule has 432 valence electrons. The summed E-state index contributed by atoms with van der Waals surface area (Å²) in [5.74, 6) is -5.96. The van der Waals surface area contributed by atoms with E-state index in [0.717, 1.165) is 25.7 Å². The molecule has 2 saturated heterocycles. The van der Waals surface area contributed by atoms with Crippen molar-refractivity contribution in [3.63, 3.8) is 0 Å². The quantitative estimate of drug-likeness (QED) is 0.0345. The number of benzene rings is 2. The lowest BCUT2D eigenvalue weighted by molar-refractivity contribution is -0.383. The molecule has 4 fully saturated rings. The zero-order chi connectivity index (χ0) is 56.5. The molecule has 2 aliphatic heterocycles. The Balaban J connectivity index is 1.05. The van der Waals surface area contributed by atoms with Gasteiger partial charge in [0, 0.05) is 31.1 Å². The van der Waals surface area contributed by atoms with Crippen LogP contribution in [0.2, 0.25) is 0 Å². The van der Waals surface area contributed by atoms with Gasteiger partial charge in [-0.2, -0.15) is 0 Å². The largest absolute Gasteiger partial charge is 0.509 e. The third-order valence-corrected chi connectivity index (χ3v) is 18.2. The third-order valence-electron chi connectivity index (χ3n) is 18.2. The number of rotatable bonds is 26. The van der Waals surface area contributed by atoms with Crippen molar-refractivity contribution in [1.82, 2.24) is 0 Å². The van der Waals surface area contributed by atoms with Gasteiger partial charge < -0.3 is 53.2 Å². The van der Waals surface area contributed by atoms with Crippen molar-refractivity contribution in [1.29, 1.82) is 0 Å². The van der Waals surface area contributed by atoms with Gasteiger partial charge in [0.25, 0.3) is 0 Å². The molecule has 2 aromatic rings. The molecule has 2 aromatic carbocycles. The number of carbonyl (C=O) groups is 5. The highest BCUT2D eigenvalue weighted by molar-refractivity contribution is 5.94. The molecule has 0 aromatic heterocycles. The molecule has 5 aliphatic rings. The predicted octanol–water partition coefficient (Wildman–Crippen LogP) is 10.4. The molecule has 0 spiro atoms. The maximum absolute atomic E-state index is 15.3. The van der Waals surface area contributed by atoms with Crippen LogP contribution in [0.3, 0.4) is 0 Å². The lowest BCUT2D eigenvalue weighted by atomic mass is 9.42. The van der Waals surface area contributed by atoms with Gasteiger partial charge in [-0.3, -0.25) is 9.59 Å². The summed E-state index contributed by atoms with van der Waals surface area (Å²) in [5.41, 5.74) is -8.39. The van der Waals surface area contributed by atoms with Crippen LogP contribution in [0, 0.1) is 16.7 Å². The highest BCUT2D eigenvalue weighted by atomic mass is 16.8. The van der Waals surface area contributed by atoms with Crippen LogP contribution in [-0.2, 0) is 52.3 Å². The Morgan fingerprint density at radius 2 is 1.36 bits per heavy atom. The van der Waals surface area contributed by atoms with Crippen LogP contribution in [0.25, 0.3) is 0 Å². The van der Waals surface area contributed by atoms with E-state index in [1.807, 2.05) is 0 Å². The molecule has 13 atom stereocenters. The SMILES string of the molecule is CCCCCCCCCCCCCCCCCC1OCC(COC(=O)O[C@@H](C(=O)O[C@H]2C[C@@]3(O)[C@@H](OC(=O)c4ccccc4)[C@H]4[C@](C)(C(=O)[C@H](O)C(=C2C)C3(C)C)[C@@H](O)C[C@@]2(C)OC[C@@]42OC(C)=O)[C@@H](C)c2ccccc2)O1. The monoisotopic (exact) mass is 1090 g/mol. The van der Waals surface area contributed by atoms with Gasteiger partial charge in [-0.1, -0.05) is 166 Å². The molecule has 78 heavy (non-hydrogen) atoms. The maximum Gasteiger partial charge on any atom is 0.509 e. The summed E-state index contributed by atoms with van der Waals surface area (Å²) in [7, 11) is 0. The van der Waals surface area contributed by atoms with Gasteiger partial charge in [-0.25, -0.2) is 14.4 Å². The van der Waals surface area contributed by atoms with Crippen LogP contribution >= 0.6 is 0 Å². The molecule has 16 nitrogen and oxygen atoms in total. The molecule has 0 radical (unpaired) electrons. The molecule has 3 aliphatic carbocycles. The van der Waals surface area contributed by atoms with Crippen LogP contribution in [0.5, 0.6) is 0 Å². The summed E-state index contributed by atoms with van der Waals surface area (Å²) < 4.78 is 48.4. The van der Waals surface area contributed by atoms with Crippen molar-refractivity contribution in [2.45, 2.75) is 237 Å². The van der Waals surface area contributed by atoms with E-state index in [0.29, 0.717) is 5.56 Å². The Bertz CT molecular complexity index is 2390. The topological polar surface area (TPSA) is 220 Å². The van der Waals surface area contributed by atoms with Crippen LogP contribution in [0.15, 0.2) is 71.8 Å². The van der Waals surface area contributed by atoms with Crippen molar-refractivity contribution >= 4 is 29.8 Å². The number of esters is 3. The first-order chi connectivity index (χ1) is 37.1. The van der Waals surface area contributed by atoms with Gasteiger partial charge in [0.05, 0.1) is 36.2 Å². The van der Waals surface area contributed by atoms with Crippen LogP contribution in [0.1, 0.15) is 193 Å². The first-order valence-electron chi connectivity index (χ1n) is 28.9. The zero-order valence-electron chi connectivity index (χ0n) is 47.5. The van der Waals surface area contributed by atoms with E-state index in [2.05, 4.69) is 6.92 Å². The average molecular weight is 1090 g/mol. The van der Waals surface area contributed by atoms with E-state index in [9.17, 15) is 34.5 Å². The van der Waals surface area contributed by atoms with Gasteiger partial charge >= 0.3 is 24.1 Å². The fourth-order valence-corrected chi connectivity index (χ4v) is 13.3. The first kappa shape index (κ1) is 60.9. The van der Waals surface area contributed by atoms with E-state index < -0.39 is 119 Å². The number of aliphatic hydroxyl groups excluding tert-OH is 2. The molecule has 16 heteroatoms. The maximum atomic E-state index is 15.3. The molecule has 2 saturated carbocycles. The summed E-state index contributed by atoms with van der Waals surface area (Å²) in [6, 6.07) is 16.8. The minimum atomic E-state index is -2.36. The van der Waals surface area contributed by atoms with Gasteiger partial charge in [0.1, 0.15) is 42.2 Å². The van der Waals surface area contributed by atoms with Crippen molar-refractivity contribution in [2.75, 3.05) is 19.8 Å². The van der Waals surface area contributed by atoms with Gasteiger partial charge in [-0.15, -0.1) is 0 Å². The minimum absolute atomic E-state index is 0.0314. The zero-order valence-corrected chi connectivity index (χ0v) is 47.5. The van der Waals surface area contributed by atoms with Crippen molar-refractivity contribution < 1.29 is 77.2 Å². The summed E-state index contributed by atoms with van der Waals surface area (Å²) in [6.45, 7) is 12.6. The number of carbonyl (C=O) groups excluding carboxylic acids is 5. The third kappa shape index (κ3) is 12.7. The highest BCUT2D eigenvalue weighted by Crippen LogP contribution is 2.66. The number of fused-ring (bicyclic) bond motifs is 5. The van der Waals surface area contributed by atoms with E-state index >= 15 is 4.79 Å². The molecule has 2 unspecified atom stereocenters. The second-order valence-electron chi connectivity index (χ2n) is 23.8. The molecule has 3 N–H and O–H groups in total. The van der Waals surface area contributed by atoms with Gasteiger partial charge in [0.2, 0.25) is 6.10 Å². The Morgan fingerprint density at radius 3 is 1.92 bits per heavy atom. The summed E-state index contributed by atoms with van der Waals surface area (Å²) in [6.07, 6.45) is 8.49. The van der Waals surface area contributed by atoms with Crippen molar-refractivity contribution in [2.24, 2.45) is 16.7 Å². The molecular weight excluding hydrogens is 1000 g/mol. The van der Waals surface area contributed by atoms with E-state index in [-0.39, 0.29) is 43.0 Å². The van der Waals surface area contributed by atoms with Crippen LogP contribution in [-0.4, -0.2) is 125 Å². The first-order valence-corrected chi connectivity index (χ1v) is 28.9. The van der Waals surface area contributed by atoms with Gasteiger partial charge in [-0.05, 0) is 62.5 Å². The fraction of sp³-hybridized carbons (Fsp3) is 0.694. The van der Waals surface area contributed by atoms with E-state index in [1.165, 1.54) is 103 Å². The second-order valence-corrected chi connectivity index (χ2v) is 23.8. The van der Waals surface area contributed by atoms with E-state index in [1.54, 1.807) is 83.1 Å². The number of unbranched alkanes of at least 4 members (excludes halogenated alkanes) is 14. The minimum Gasteiger partial charge on any atom is -0.455 e. The van der Waals surface area contributed by atoms with Gasteiger partial charge in [0.15, 0.2) is 17.7 Å². The Morgan fingerprint density at radius 1 is 0.782 bits per heavy atom. The average Bonchev–Trinajstić information content (AvgIpc) is 2.55. The number of ether oxygens (including phenoxy) is 8. The smallest absolute Gasteiger partial charge is 0.455 e. The van der Waals surface area contributed by atoms with E-state index in [4.69, 9.17) is 37.9 Å². The van der Waals surface area contributed by atoms with Crippen molar-refractivity contribution in [3.05, 3.63) is 82.9 Å². The normalized spacial score (nSPS) is 31.8. The molecule has 2 heterocycles. The number of Topliss-reactive ketones (excluding diaryl/α,β-unsaturated/α-hetero) is 1. The fourth-order valence-electron chi connectivity index (χ4n) is 13.3. The molecular formula is C62H88O16. The Kier molecular flexibility index (Phi) is 20.5. The highest BCUT2D eigenvalue weighted by Gasteiger charge is 2.81. The predicted molar refractivity (Wildman–Crippen MR) is 289 cm³/mol. The van der Waals surface area contributed by atoms with Crippen LogP contribution in [0.4, 0.5) is 4.79 Å². The number of ketones is 1. The van der Waals surface area contributed by atoms with Crippen molar-refractivity contribution in [3.8, 4) is 0 Å². The molecule has 0 amide bonds. The van der Waals surface area contributed by atoms with Crippen LogP contribution < -0.4 is 0 Å². The lowest BCUT2D eigenvalue weighted by Crippen LogP contribution is -2.85.